The lowest BCUT2D eigenvalue weighted by Gasteiger charge is -2.33. The SMILES string of the molecule is CC(C)(C)OC(=O)N1CCC(CCOc2ncc(-c3nc(C#N)nc4c3ccn4CC3CCOC3)cc2C(F)(F)F)CC1. The van der Waals surface area contributed by atoms with Crippen molar-refractivity contribution in [2.75, 3.05) is 32.9 Å². The van der Waals surface area contributed by atoms with Crippen LogP contribution in [0.4, 0.5) is 18.0 Å². The summed E-state index contributed by atoms with van der Waals surface area (Å²) in [5, 5.41) is 10.1. The van der Waals surface area contributed by atoms with Gasteiger partial charge >= 0.3 is 12.3 Å². The maximum Gasteiger partial charge on any atom is 0.421 e. The van der Waals surface area contributed by atoms with Crippen LogP contribution in [-0.4, -0.2) is 69.0 Å². The summed E-state index contributed by atoms with van der Waals surface area (Å²) >= 11 is 0. The Bertz CT molecular complexity index is 1500. The number of halogens is 3. The Morgan fingerprint density at radius 1 is 1.16 bits per heavy atom. The lowest BCUT2D eigenvalue weighted by Crippen LogP contribution is -2.41. The van der Waals surface area contributed by atoms with E-state index in [1.165, 1.54) is 6.20 Å². The van der Waals surface area contributed by atoms with E-state index < -0.39 is 23.2 Å². The molecule has 3 aromatic rings. The number of piperidine rings is 1. The van der Waals surface area contributed by atoms with Crippen molar-refractivity contribution in [2.45, 2.75) is 64.8 Å². The molecule has 0 saturated carbocycles. The number of nitriles is 1. The molecule has 2 fully saturated rings. The Morgan fingerprint density at radius 3 is 2.58 bits per heavy atom. The molecule has 230 valence electrons. The van der Waals surface area contributed by atoms with Gasteiger partial charge in [-0.3, -0.25) is 0 Å². The number of pyridine rings is 1. The highest BCUT2D eigenvalue weighted by molar-refractivity contribution is 5.91. The first-order valence-electron chi connectivity index (χ1n) is 14.4. The third-order valence-corrected chi connectivity index (χ3v) is 7.66. The van der Waals surface area contributed by atoms with Gasteiger partial charge in [0.1, 0.15) is 22.9 Å². The predicted octanol–water partition coefficient (Wildman–Crippen LogP) is 5.84. The van der Waals surface area contributed by atoms with Gasteiger partial charge in [0, 0.05) is 55.5 Å². The zero-order valence-corrected chi connectivity index (χ0v) is 24.5. The van der Waals surface area contributed by atoms with Crippen molar-refractivity contribution in [3.8, 4) is 23.2 Å². The van der Waals surface area contributed by atoms with E-state index in [2.05, 4.69) is 15.0 Å². The third kappa shape index (κ3) is 7.36. The van der Waals surface area contributed by atoms with Crippen LogP contribution in [0.1, 0.15) is 57.8 Å². The summed E-state index contributed by atoms with van der Waals surface area (Å²) in [5.41, 5.74) is -0.810. The minimum Gasteiger partial charge on any atom is -0.477 e. The summed E-state index contributed by atoms with van der Waals surface area (Å²) in [7, 11) is 0. The van der Waals surface area contributed by atoms with Gasteiger partial charge in [0.2, 0.25) is 11.7 Å². The van der Waals surface area contributed by atoms with Crippen LogP contribution in [0.25, 0.3) is 22.3 Å². The number of carbonyl (C=O) groups excluding carboxylic acids is 1. The molecule has 0 aromatic carbocycles. The summed E-state index contributed by atoms with van der Waals surface area (Å²) in [6.45, 7) is 8.45. The molecule has 2 saturated heterocycles. The molecule has 5 heterocycles. The number of amides is 1. The quantitative estimate of drug-likeness (QED) is 0.332. The van der Waals surface area contributed by atoms with Gasteiger partial charge in [0.05, 0.1) is 18.9 Å². The van der Waals surface area contributed by atoms with E-state index in [1.807, 2.05) is 31.4 Å². The van der Waals surface area contributed by atoms with Crippen LogP contribution < -0.4 is 4.74 Å². The van der Waals surface area contributed by atoms with E-state index in [9.17, 15) is 23.2 Å². The zero-order chi connectivity index (χ0) is 30.8. The molecule has 13 heteroatoms. The van der Waals surface area contributed by atoms with Crippen molar-refractivity contribution in [3.63, 3.8) is 0 Å². The summed E-state index contributed by atoms with van der Waals surface area (Å²) in [4.78, 5) is 26.6. The summed E-state index contributed by atoms with van der Waals surface area (Å²) in [6, 6.07) is 4.63. The van der Waals surface area contributed by atoms with Crippen LogP contribution in [0.15, 0.2) is 24.5 Å². The minimum atomic E-state index is -4.73. The first-order valence-corrected chi connectivity index (χ1v) is 14.4. The number of alkyl halides is 3. The maximum absolute atomic E-state index is 14.2. The number of likely N-dealkylation sites (tertiary alicyclic amines) is 1. The average molecular weight is 601 g/mol. The number of hydrogen-bond donors (Lipinski definition) is 0. The molecule has 0 bridgehead atoms. The molecule has 43 heavy (non-hydrogen) atoms. The molecule has 0 N–H and O–H groups in total. The first-order chi connectivity index (χ1) is 20.4. The van der Waals surface area contributed by atoms with Gasteiger partial charge in [0.25, 0.3) is 0 Å². The lowest BCUT2D eigenvalue weighted by atomic mass is 9.94. The van der Waals surface area contributed by atoms with E-state index >= 15 is 0 Å². The Labute approximate surface area is 247 Å². The summed E-state index contributed by atoms with van der Waals surface area (Å²) < 4.78 is 60.9. The average Bonchev–Trinajstić information content (AvgIpc) is 3.62. The van der Waals surface area contributed by atoms with Crippen LogP contribution in [0.5, 0.6) is 5.88 Å². The number of rotatable bonds is 7. The second-order valence-electron chi connectivity index (χ2n) is 12.1. The van der Waals surface area contributed by atoms with E-state index in [0.29, 0.717) is 63.1 Å². The number of carbonyl (C=O) groups is 1. The molecule has 1 unspecified atom stereocenters. The number of fused-ring (bicyclic) bond motifs is 1. The Kier molecular flexibility index (Phi) is 8.78. The fraction of sp³-hybridized carbons (Fsp3) is 0.567. The third-order valence-electron chi connectivity index (χ3n) is 7.66. The number of ether oxygens (including phenoxy) is 3. The summed E-state index contributed by atoms with van der Waals surface area (Å²) in [5.74, 6) is -0.165. The summed E-state index contributed by atoms with van der Waals surface area (Å²) in [6.07, 6.45) is 0.845. The standard InChI is InChI=1S/C30H35F3N6O4/c1-29(2,3)43-28(40)38-9-4-19(5-10-38)8-13-42-27-23(30(31,32)33)14-21(16-35-27)25-22-6-11-39(17-20-7-12-41-18-20)26(22)37-24(15-34)36-25/h6,11,14,16,19-20H,4-5,7-10,12-13,17-18H2,1-3H3. The molecule has 0 aliphatic carbocycles. The van der Waals surface area contributed by atoms with Gasteiger partial charge in [-0.2, -0.15) is 18.4 Å². The van der Waals surface area contributed by atoms with E-state index in [4.69, 9.17) is 14.2 Å². The van der Waals surface area contributed by atoms with Gasteiger partial charge in [-0.15, -0.1) is 0 Å². The minimum absolute atomic E-state index is 0.0522. The molecule has 2 aliphatic heterocycles. The van der Waals surface area contributed by atoms with Gasteiger partial charge in [-0.1, -0.05) is 0 Å². The van der Waals surface area contributed by atoms with Crippen LogP contribution in [-0.2, 0) is 22.2 Å². The Hall–Kier alpha value is -3.92. The molecule has 2 aliphatic rings. The zero-order valence-electron chi connectivity index (χ0n) is 24.5. The van der Waals surface area contributed by atoms with Crippen molar-refractivity contribution < 1.29 is 32.2 Å². The fourth-order valence-corrected chi connectivity index (χ4v) is 5.44. The molecular formula is C30H35F3N6O4. The Balaban J connectivity index is 1.30. The van der Waals surface area contributed by atoms with Gasteiger partial charge in [0.15, 0.2) is 0 Å². The van der Waals surface area contributed by atoms with Crippen LogP contribution in [0.2, 0.25) is 0 Å². The topological polar surface area (TPSA) is 115 Å². The second-order valence-corrected chi connectivity index (χ2v) is 12.1. The van der Waals surface area contributed by atoms with Crippen molar-refractivity contribution in [2.24, 2.45) is 11.8 Å². The van der Waals surface area contributed by atoms with E-state index in [0.717, 1.165) is 12.5 Å². The van der Waals surface area contributed by atoms with Gasteiger partial charge in [-0.05, 0) is 64.5 Å². The van der Waals surface area contributed by atoms with Crippen molar-refractivity contribution >= 4 is 17.1 Å². The van der Waals surface area contributed by atoms with Gasteiger partial charge in [-0.25, -0.2) is 19.7 Å². The van der Waals surface area contributed by atoms with Crippen molar-refractivity contribution in [1.29, 1.82) is 5.26 Å². The predicted molar refractivity (Wildman–Crippen MR) is 150 cm³/mol. The first kappa shape index (κ1) is 30.5. The number of nitrogens with zero attached hydrogens (tertiary/aromatic N) is 6. The highest BCUT2D eigenvalue weighted by Crippen LogP contribution is 2.38. The maximum atomic E-state index is 14.2. The Morgan fingerprint density at radius 2 is 1.93 bits per heavy atom. The lowest BCUT2D eigenvalue weighted by molar-refractivity contribution is -0.139. The molecule has 1 amide bonds. The molecule has 10 nitrogen and oxygen atoms in total. The second kappa shape index (κ2) is 12.4. The normalized spacial score (nSPS) is 18.2. The fourth-order valence-electron chi connectivity index (χ4n) is 5.44. The monoisotopic (exact) mass is 600 g/mol. The highest BCUT2D eigenvalue weighted by atomic mass is 19.4. The molecule has 3 aromatic heterocycles. The van der Waals surface area contributed by atoms with E-state index in [-0.39, 0.29) is 41.6 Å². The van der Waals surface area contributed by atoms with Crippen molar-refractivity contribution in [1.82, 2.24) is 24.4 Å². The number of hydrogen-bond acceptors (Lipinski definition) is 8. The van der Waals surface area contributed by atoms with Crippen LogP contribution >= 0.6 is 0 Å². The molecule has 0 spiro atoms. The van der Waals surface area contributed by atoms with Gasteiger partial charge < -0.3 is 23.7 Å². The molecule has 1 atom stereocenters. The van der Waals surface area contributed by atoms with Crippen molar-refractivity contribution in [3.05, 3.63) is 35.9 Å². The van der Waals surface area contributed by atoms with Crippen LogP contribution in [0.3, 0.4) is 0 Å². The highest BCUT2D eigenvalue weighted by Gasteiger charge is 2.36. The van der Waals surface area contributed by atoms with E-state index in [1.54, 1.807) is 17.2 Å². The number of aromatic nitrogens is 4. The smallest absolute Gasteiger partial charge is 0.421 e. The van der Waals surface area contributed by atoms with Crippen LogP contribution in [0, 0.1) is 23.2 Å². The molecule has 5 rings (SSSR count). The molecular weight excluding hydrogens is 565 g/mol. The largest absolute Gasteiger partial charge is 0.477 e. The molecule has 0 radical (unpaired) electrons.